The van der Waals surface area contributed by atoms with Gasteiger partial charge in [0.15, 0.2) is 0 Å². The number of rotatable bonds is 4. The average molecular weight is 219 g/mol. The maximum absolute atomic E-state index is 10.4. The summed E-state index contributed by atoms with van der Waals surface area (Å²) in [6.07, 6.45) is 3.33. The Morgan fingerprint density at radius 3 is 2.94 bits per heavy atom. The molecule has 82 valence electrons. The van der Waals surface area contributed by atoms with E-state index in [9.17, 15) is 10.1 Å². The van der Waals surface area contributed by atoms with E-state index in [-0.39, 0.29) is 5.88 Å². The van der Waals surface area contributed by atoms with Gasteiger partial charge in [0.05, 0.1) is 18.3 Å². The van der Waals surface area contributed by atoms with Crippen molar-refractivity contribution in [1.29, 1.82) is 0 Å². The number of anilines is 1. The van der Waals surface area contributed by atoms with Crippen LogP contribution in [0.4, 0.5) is 11.6 Å². The van der Waals surface area contributed by atoms with E-state index in [2.05, 4.69) is 10.3 Å². The van der Waals surface area contributed by atoms with Gasteiger partial charge in [-0.15, -0.1) is 0 Å². The molecule has 6 heteroatoms. The maximum atomic E-state index is 10.4. The molecule has 16 heavy (non-hydrogen) atoms. The van der Waals surface area contributed by atoms with Crippen LogP contribution < -0.4 is 5.32 Å². The van der Waals surface area contributed by atoms with Crippen LogP contribution in [0.3, 0.4) is 0 Å². The summed E-state index contributed by atoms with van der Waals surface area (Å²) in [6, 6.07) is 6.55. The molecule has 0 amide bonds. The summed E-state index contributed by atoms with van der Waals surface area (Å²) in [4.78, 5) is 13.7. The van der Waals surface area contributed by atoms with E-state index < -0.39 is 4.92 Å². The highest BCUT2D eigenvalue weighted by molar-refractivity contribution is 5.40. The monoisotopic (exact) mass is 219 g/mol. The van der Waals surface area contributed by atoms with Crippen molar-refractivity contribution in [2.24, 2.45) is 0 Å². The predicted octanol–water partition coefficient (Wildman–Crippen LogP) is 2.19. The zero-order valence-electron chi connectivity index (χ0n) is 8.29. The molecular weight excluding hydrogens is 210 g/mol. The molecule has 0 radical (unpaired) electrons. The second-order valence-electron chi connectivity index (χ2n) is 3.09. The minimum Gasteiger partial charge on any atom is -0.404 e. The van der Waals surface area contributed by atoms with Gasteiger partial charge in [0, 0.05) is 12.4 Å². The molecule has 2 aromatic heterocycles. The van der Waals surface area contributed by atoms with Crippen molar-refractivity contribution < 1.29 is 9.34 Å². The Labute approximate surface area is 91.1 Å². The van der Waals surface area contributed by atoms with Gasteiger partial charge in [-0.05, 0) is 18.2 Å². The maximum Gasteiger partial charge on any atom is 0.433 e. The first-order valence-electron chi connectivity index (χ1n) is 4.63. The van der Waals surface area contributed by atoms with Crippen molar-refractivity contribution in [1.82, 2.24) is 4.98 Å². The van der Waals surface area contributed by atoms with Gasteiger partial charge in [-0.3, -0.25) is 15.1 Å². The summed E-state index contributed by atoms with van der Waals surface area (Å²) in [5, 5.41) is 13.4. The molecule has 2 rings (SSSR count). The lowest BCUT2D eigenvalue weighted by Crippen LogP contribution is -1.97. The molecule has 2 heterocycles. The molecule has 0 aliphatic carbocycles. The van der Waals surface area contributed by atoms with Crippen LogP contribution in [0.1, 0.15) is 5.76 Å². The summed E-state index contributed by atoms with van der Waals surface area (Å²) in [5.74, 6) is 0.263. The number of nitro groups is 1. The average Bonchev–Trinajstić information content (AvgIpc) is 2.76. The van der Waals surface area contributed by atoms with E-state index in [4.69, 9.17) is 4.42 Å². The third kappa shape index (κ3) is 2.35. The largest absolute Gasteiger partial charge is 0.433 e. The second kappa shape index (κ2) is 4.43. The van der Waals surface area contributed by atoms with E-state index in [0.717, 1.165) is 5.69 Å². The van der Waals surface area contributed by atoms with Crippen LogP contribution in [0.15, 0.2) is 41.1 Å². The van der Waals surface area contributed by atoms with Gasteiger partial charge < -0.3 is 9.73 Å². The summed E-state index contributed by atoms with van der Waals surface area (Å²) in [6.45, 7) is 0.388. The minimum atomic E-state index is -0.562. The Morgan fingerprint density at radius 1 is 1.44 bits per heavy atom. The number of pyridine rings is 1. The molecule has 0 spiro atoms. The van der Waals surface area contributed by atoms with E-state index in [1.807, 2.05) is 6.07 Å². The molecule has 0 bridgehead atoms. The normalized spacial score (nSPS) is 10.0. The highest BCUT2D eigenvalue weighted by Gasteiger charge is 2.11. The highest BCUT2D eigenvalue weighted by Crippen LogP contribution is 2.16. The van der Waals surface area contributed by atoms with Gasteiger partial charge in [-0.2, -0.15) is 0 Å². The Bertz CT molecular complexity index is 481. The number of hydrogen-bond acceptors (Lipinski definition) is 5. The Kier molecular flexibility index (Phi) is 2.81. The predicted molar refractivity (Wildman–Crippen MR) is 56.9 cm³/mol. The highest BCUT2D eigenvalue weighted by atomic mass is 16.6. The standard InChI is InChI=1S/C10H9N3O3/c14-13(15)10-4-3-9(16-10)7-12-8-2-1-5-11-6-8/h1-6,12H,7H2. The van der Waals surface area contributed by atoms with Crippen molar-refractivity contribution in [2.45, 2.75) is 6.54 Å². The van der Waals surface area contributed by atoms with Crippen molar-refractivity contribution in [3.63, 3.8) is 0 Å². The topological polar surface area (TPSA) is 81.2 Å². The Balaban J connectivity index is 1.97. The van der Waals surface area contributed by atoms with Crippen LogP contribution in [-0.4, -0.2) is 9.91 Å². The molecule has 0 saturated carbocycles. The number of nitrogens with zero attached hydrogens (tertiary/aromatic N) is 2. The molecular formula is C10H9N3O3. The SMILES string of the molecule is O=[N+]([O-])c1ccc(CNc2cccnc2)o1. The molecule has 0 aliphatic rings. The lowest BCUT2D eigenvalue weighted by Gasteiger charge is -2.01. The van der Waals surface area contributed by atoms with E-state index in [1.54, 1.807) is 24.5 Å². The second-order valence-corrected chi connectivity index (χ2v) is 3.09. The lowest BCUT2D eigenvalue weighted by atomic mass is 10.4. The Hall–Kier alpha value is -2.37. The fraction of sp³-hybridized carbons (Fsp3) is 0.100. The van der Waals surface area contributed by atoms with Gasteiger partial charge >= 0.3 is 5.88 Å². The van der Waals surface area contributed by atoms with Crippen LogP contribution in [-0.2, 0) is 6.54 Å². The zero-order chi connectivity index (χ0) is 11.4. The van der Waals surface area contributed by atoms with Gasteiger partial charge in [-0.25, -0.2) is 0 Å². The summed E-state index contributed by atoms with van der Waals surface area (Å²) in [7, 11) is 0. The van der Waals surface area contributed by atoms with Crippen LogP contribution in [0.25, 0.3) is 0 Å². The van der Waals surface area contributed by atoms with Crippen LogP contribution in [0, 0.1) is 10.1 Å². The first-order chi connectivity index (χ1) is 7.75. The van der Waals surface area contributed by atoms with E-state index in [1.165, 1.54) is 6.07 Å². The smallest absolute Gasteiger partial charge is 0.404 e. The molecule has 0 aliphatic heterocycles. The molecule has 0 saturated heterocycles. The third-order valence-electron chi connectivity index (χ3n) is 1.96. The fourth-order valence-electron chi connectivity index (χ4n) is 1.22. The molecule has 0 fully saturated rings. The molecule has 1 N–H and O–H groups in total. The first-order valence-corrected chi connectivity index (χ1v) is 4.63. The van der Waals surface area contributed by atoms with Crippen molar-refractivity contribution in [2.75, 3.05) is 5.32 Å². The lowest BCUT2D eigenvalue weighted by molar-refractivity contribution is -0.402. The first kappa shape index (κ1) is 10.2. The van der Waals surface area contributed by atoms with Crippen LogP contribution in [0.5, 0.6) is 0 Å². The van der Waals surface area contributed by atoms with Crippen molar-refractivity contribution in [3.8, 4) is 0 Å². The molecule has 0 atom stereocenters. The van der Waals surface area contributed by atoms with Crippen LogP contribution >= 0.6 is 0 Å². The van der Waals surface area contributed by atoms with Gasteiger partial charge in [-0.1, -0.05) is 0 Å². The van der Waals surface area contributed by atoms with Crippen molar-refractivity contribution >= 4 is 11.6 Å². The fourth-order valence-corrected chi connectivity index (χ4v) is 1.22. The van der Waals surface area contributed by atoms with Gasteiger partial charge in [0.1, 0.15) is 10.7 Å². The quantitative estimate of drug-likeness (QED) is 0.629. The zero-order valence-corrected chi connectivity index (χ0v) is 8.29. The number of hydrogen-bond donors (Lipinski definition) is 1. The number of nitrogens with one attached hydrogen (secondary N) is 1. The molecule has 0 aromatic carbocycles. The van der Waals surface area contributed by atoms with Crippen molar-refractivity contribution in [3.05, 3.63) is 52.5 Å². The number of aromatic nitrogens is 1. The van der Waals surface area contributed by atoms with Gasteiger partial charge in [0.2, 0.25) is 0 Å². The minimum absolute atomic E-state index is 0.247. The Morgan fingerprint density at radius 2 is 2.31 bits per heavy atom. The molecule has 2 aromatic rings. The summed E-state index contributed by atoms with van der Waals surface area (Å²) < 4.78 is 4.98. The molecule has 0 unspecified atom stereocenters. The molecule has 6 nitrogen and oxygen atoms in total. The number of furan rings is 1. The van der Waals surface area contributed by atoms with E-state index in [0.29, 0.717) is 12.3 Å². The summed E-state index contributed by atoms with van der Waals surface area (Å²) in [5.41, 5.74) is 0.835. The van der Waals surface area contributed by atoms with Crippen LogP contribution in [0.2, 0.25) is 0 Å². The van der Waals surface area contributed by atoms with E-state index >= 15 is 0 Å². The summed E-state index contributed by atoms with van der Waals surface area (Å²) >= 11 is 0. The van der Waals surface area contributed by atoms with Gasteiger partial charge in [0.25, 0.3) is 0 Å². The third-order valence-corrected chi connectivity index (χ3v) is 1.96.